The first-order valence-electron chi connectivity index (χ1n) is 5.66. The highest BCUT2D eigenvalue weighted by Gasteiger charge is 2.11. The third-order valence-electron chi connectivity index (χ3n) is 2.62. The fourth-order valence-corrected chi connectivity index (χ4v) is 1.82. The van der Waals surface area contributed by atoms with Crippen molar-refractivity contribution in [1.29, 1.82) is 0 Å². The lowest BCUT2D eigenvalue weighted by molar-refractivity contribution is 0.402. The van der Waals surface area contributed by atoms with Gasteiger partial charge in [-0.25, -0.2) is 9.37 Å². The van der Waals surface area contributed by atoms with Crippen LogP contribution >= 0.6 is 11.6 Å². The normalized spacial score (nSPS) is 12.7. The molecule has 0 bridgehead atoms. The van der Waals surface area contributed by atoms with Gasteiger partial charge in [-0.3, -0.25) is 0 Å². The molecule has 3 nitrogen and oxygen atoms in total. The van der Waals surface area contributed by atoms with Gasteiger partial charge in [0, 0.05) is 11.6 Å². The Hall–Kier alpha value is -1.39. The van der Waals surface area contributed by atoms with Gasteiger partial charge in [0.1, 0.15) is 11.6 Å². The van der Waals surface area contributed by atoms with Gasteiger partial charge in [-0.15, -0.1) is 0 Å². The van der Waals surface area contributed by atoms with Crippen molar-refractivity contribution in [3.8, 4) is 0 Å². The Balaban J connectivity index is 1.99. The van der Waals surface area contributed by atoms with Gasteiger partial charge in [0.05, 0.1) is 12.2 Å². The summed E-state index contributed by atoms with van der Waals surface area (Å²) >= 11 is 5.94. The summed E-state index contributed by atoms with van der Waals surface area (Å²) in [5.74, 6) is 1.07. The molecule has 96 valence electrons. The Morgan fingerprint density at radius 2 is 2.28 bits per heavy atom. The summed E-state index contributed by atoms with van der Waals surface area (Å²) in [4.78, 5) is 4.14. The second-order valence-electron chi connectivity index (χ2n) is 4.15. The van der Waals surface area contributed by atoms with Crippen molar-refractivity contribution in [1.82, 2.24) is 10.3 Å². The van der Waals surface area contributed by atoms with Crippen molar-refractivity contribution < 1.29 is 8.81 Å². The van der Waals surface area contributed by atoms with E-state index in [0.29, 0.717) is 17.5 Å². The molecular weight excluding hydrogens is 255 g/mol. The quantitative estimate of drug-likeness (QED) is 0.920. The zero-order valence-electron chi connectivity index (χ0n) is 10.2. The van der Waals surface area contributed by atoms with Crippen LogP contribution in [0, 0.1) is 12.7 Å². The van der Waals surface area contributed by atoms with E-state index in [0.717, 1.165) is 11.3 Å². The molecule has 0 radical (unpaired) electrons. The summed E-state index contributed by atoms with van der Waals surface area (Å²) in [5, 5.41) is 3.64. The van der Waals surface area contributed by atoms with Gasteiger partial charge in [0.25, 0.3) is 0 Å². The minimum Gasteiger partial charge on any atom is -0.444 e. The Morgan fingerprint density at radius 1 is 1.50 bits per heavy atom. The van der Waals surface area contributed by atoms with Crippen molar-refractivity contribution in [2.45, 2.75) is 26.4 Å². The van der Waals surface area contributed by atoms with Crippen LogP contribution in [0.4, 0.5) is 4.39 Å². The Bertz CT molecular complexity index is 542. The fourth-order valence-electron chi connectivity index (χ4n) is 1.59. The molecule has 0 spiro atoms. The molecule has 1 heterocycles. The molecule has 1 unspecified atom stereocenters. The SMILES string of the molecule is Cc1cnc(C(C)NCc2ccc(F)cc2Cl)o1. The first-order valence-corrected chi connectivity index (χ1v) is 6.03. The van der Waals surface area contributed by atoms with E-state index in [-0.39, 0.29) is 11.9 Å². The van der Waals surface area contributed by atoms with Crippen LogP contribution in [0.3, 0.4) is 0 Å². The second-order valence-corrected chi connectivity index (χ2v) is 4.55. The summed E-state index contributed by atoms with van der Waals surface area (Å²) in [5.41, 5.74) is 0.841. The van der Waals surface area contributed by atoms with E-state index in [1.54, 1.807) is 12.3 Å². The monoisotopic (exact) mass is 268 g/mol. The molecule has 0 fully saturated rings. The van der Waals surface area contributed by atoms with Crippen molar-refractivity contribution in [2.24, 2.45) is 0 Å². The van der Waals surface area contributed by atoms with E-state index in [9.17, 15) is 4.39 Å². The summed E-state index contributed by atoms with van der Waals surface area (Å²) < 4.78 is 18.3. The maximum absolute atomic E-state index is 12.9. The molecule has 5 heteroatoms. The average Bonchev–Trinajstić information content (AvgIpc) is 2.74. The fraction of sp³-hybridized carbons (Fsp3) is 0.308. The highest BCUT2D eigenvalue weighted by Crippen LogP contribution is 2.19. The average molecular weight is 269 g/mol. The maximum atomic E-state index is 12.9. The lowest BCUT2D eigenvalue weighted by atomic mass is 10.2. The number of nitrogens with zero attached hydrogens (tertiary/aromatic N) is 1. The first kappa shape index (κ1) is 13.1. The van der Waals surface area contributed by atoms with Gasteiger partial charge in [0.2, 0.25) is 5.89 Å². The van der Waals surface area contributed by atoms with Crippen LogP contribution < -0.4 is 5.32 Å². The van der Waals surface area contributed by atoms with Crippen LogP contribution in [-0.2, 0) is 6.54 Å². The molecule has 0 amide bonds. The van der Waals surface area contributed by atoms with E-state index in [1.807, 2.05) is 13.8 Å². The van der Waals surface area contributed by atoms with E-state index in [4.69, 9.17) is 16.0 Å². The van der Waals surface area contributed by atoms with Crippen LogP contribution in [0.5, 0.6) is 0 Å². The molecule has 0 saturated carbocycles. The minimum atomic E-state index is -0.333. The number of nitrogens with one attached hydrogen (secondary N) is 1. The molecule has 1 atom stereocenters. The molecule has 2 aromatic rings. The maximum Gasteiger partial charge on any atom is 0.211 e. The number of halogens is 2. The third kappa shape index (κ3) is 3.09. The third-order valence-corrected chi connectivity index (χ3v) is 2.98. The molecule has 1 aromatic heterocycles. The van der Waals surface area contributed by atoms with Gasteiger partial charge < -0.3 is 9.73 Å². The first-order chi connectivity index (χ1) is 8.56. The van der Waals surface area contributed by atoms with Crippen LogP contribution in [0.2, 0.25) is 5.02 Å². The van der Waals surface area contributed by atoms with E-state index in [1.165, 1.54) is 12.1 Å². The van der Waals surface area contributed by atoms with Crippen molar-refractivity contribution in [3.05, 3.63) is 52.5 Å². The van der Waals surface area contributed by atoms with E-state index >= 15 is 0 Å². The summed E-state index contributed by atoms with van der Waals surface area (Å²) in [6.07, 6.45) is 1.68. The Kier molecular flexibility index (Phi) is 3.99. The second kappa shape index (κ2) is 5.50. The molecule has 0 aliphatic rings. The number of hydrogen-bond acceptors (Lipinski definition) is 3. The molecular formula is C13H14ClFN2O. The summed E-state index contributed by atoms with van der Waals surface area (Å²) in [6, 6.07) is 4.33. The molecule has 0 aliphatic carbocycles. The van der Waals surface area contributed by atoms with Gasteiger partial charge in [-0.2, -0.15) is 0 Å². The molecule has 1 aromatic carbocycles. The predicted octanol–water partition coefficient (Wildman–Crippen LogP) is 3.63. The predicted molar refractivity (Wildman–Crippen MR) is 67.9 cm³/mol. The summed E-state index contributed by atoms with van der Waals surface area (Å²) in [6.45, 7) is 4.32. The zero-order valence-corrected chi connectivity index (χ0v) is 11.0. The minimum absolute atomic E-state index is 0.0279. The standard InChI is InChI=1S/C13H14ClFN2O/c1-8-6-17-13(18-8)9(2)16-7-10-3-4-11(15)5-12(10)14/h3-6,9,16H,7H2,1-2H3. The number of aromatic nitrogens is 1. The molecule has 0 saturated heterocycles. The Morgan fingerprint density at radius 3 is 2.89 bits per heavy atom. The zero-order chi connectivity index (χ0) is 13.1. The number of benzene rings is 1. The van der Waals surface area contributed by atoms with Gasteiger partial charge in [0.15, 0.2) is 0 Å². The number of oxazole rings is 1. The lowest BCUT2D eigenvalue weighted by Gasteiger charge is -2.11. The van der Waals surface area contributed by atoms with Crippen LogP contribution in [0.25, 0.3) is 0 Å². The van der Waals surface area contributed by atoms with E-state index < -0.39 is 0 Å². The highest BCUT2D eigenvalue weighted by molar-refractivity contribution is 6.31. The van der Waals surface area contributed by atoms with Gasteiger partial charge in [-0.05, 0) is 31.5 Å². The highest BCUT2D eigenvalue weighted by atomic mass is 35.5. The van der Waals surface area contributed by atoms with Gasteiger partial charge >= 0.3 is 0 Å². The molecule has 2 rings (SSSR count). The molecule has 1 N–H and O–H groups in total. The lowest BCUT2D eigenvalue weighted by Crippen LogP contribution is -2.18. The topological polar surface area (TPSA) is 38.1 Å². The summed E-state index contributed by atoms with van der Waals surface area (Å²) in [7, 11) is 0. The van der Waals surface area contributed by atoms with Crippen LogP contribution in [0.15, 0.2) is 28.8 Å². The number of rotatable bonds is 4. The number of hydrogen-bond donors (Lipinski definition) is 1. The van der Waals surface area contributed by atoms with Crippen LogP contribution in [0.1, 0.15) is 30.2 Å². The van der Waals surface area contributed by atoms with Crippen LogP contribution in [-0.4, -0.2) is 4.98 Å². The molecule has 0 aliphatic heterocycles. The van der Waals surface area contributed by atoms with E-state index in [2.05, 4.69) is 10.3 Å². The molecule has 18 heavy (non-hydrogen) atoms. The largest absolute Gasteiger partial charge is 0.444 e. The van der Waals surface area contributed by atoms with Crippen molar-refractivity contribution in [3.63, 3.8) is 0 Å². The smallest absolute Gasteiger partial charge is 0.211 e. The number of aryl methyl sites for hydroxylation is 1. The Labute approximate surface area is 110 Å². The van der Waals surface area contributed by atoms with Crippen molar-refractivity contribution in [2.75, 3.05) is 0 Å². The van der Waals surface area contributed by atoms with Gasteiger partial charge in [-0.1, -0.05) is 17.7 Å². The van der Waals surface area contributed by atoms with Crippen molar-refractivity contribution >= 4 is 11.6 Å².